The number of hydrogen-bond acceptors (Lipinski definition) is 6. The molecular weight excluding hydrogens is 418 g/mol. The molecule has 0 spiro atoms. The minimum atomic E-state index is -3.61. The van der Waals surface area contributed by atoms with Gasteiger partial charge in [0.15, 0.2) is 11.5 Å². The third-order valence-corrected chi connectivity index (χ3v) is 7.23. The summed E-state index contributed by atoms with van der Waals surface area (Å²) >= 11 is 0. The Kier molecular flexibility index (Phi) is 6.24. The number of carbonyl (C=O) groups excluding carboxylic acids is 1. The largest absolute Gasteiger partial charge is 0.486 e. The zero-order valence-corrected chi connectivity index (χ0v) is 18.2. The van der Waals surface area contributed by atoms with Gasteiger partial charge >= 0.3 is 0 Å². The van der Waals surface area contributed by atoms with Gasteiger partial charge in [0.2, 0.25) is 10.0 Å². The fourth-order valence-electron chi connectivity index (χ4n) is 3.58. The van der Waals surface area contributed by atoms with Crippen molar-refractivity contribution in [3.63, 3.8) is 0 Å². The lowest BCUT2D eigenvalue weighted by Gasteiger charge is -2.25. The molecule has 8 nitrogen and oxygen atoms in total. The highest BCUT2D eigenvalue weighted by Crippen LogP contribution is 2.31. The van der Waals surface area contributed by atoms with Crippen LogP contribution in [-0.2, 0) is 10.0 Å². The molecule has 0 aliphatic carbocycles. The Labute approximate surface area is 181 Å². The maximum Gasteiger partial charge on any atom is 0.271 e. The number of benzene rings is 2. The predicted molar refractivity (Wildman–Crippen MR) is 116 cm³/mol. The highest BCUT2D eigenvalue weighted by molar-refractivity contribution is 7.89. The molecule has 2 aliphatic heterocycles. The van der Waals surface area contributed by atoms with Crippen molar-refractivity contribution in [2.45, 2.75) is 31.1 Å². The van der Waals surface area contributed by atoms with E-state index in [1.807, 2.05) is 12.1 Å². The van der Waals surface area contributed by atoms with Crippen molar-refractivity contribution >= 4 is 21.6 Å². The van der Waals surface area contributed by atoms with Crippen LogP contribution in [0.1, 0.15) is 42.1 Å². The lowest BCUT2D eigenvalue weighted by Crippen LogP contribution is -2.35. The molecule has 164 valence electrons. The summed E-state index contributed by atoms with van der Waals surface area (Å²) in [5, 5.41) is 4.16. The van der Waals surface area contributed by atoms with Crippen LogP contribution in [0.15, 0.2) is 52.5 Å². The van der Waals surface area contributed by atoms with Crippen LogP contribution in [-0.4, -0.2) is 50.6 Å². The van der Waals surface area contributed by atoms with Gasteiger partial charge in [-0.3, -0.25) is 4.79 Å². The van der Waals surface area contributed by atoms with Crippen LogP contribution in [0.4, 0.5) is 0 Å². The van der Waals surface area contributed by atoms with Crippen molar-refractivity contribution in [2.24, 2.45) is 5.10 Å². The Morgan fingerprint density at radius 2 is 1.71 bits per heavy atom. The molecule has 0 bridgehead atoms. The molecule has 1 fully saturated rings. The third kappa shape index (κ3) is 4.72. The van der Waals surface area contributed by atoms with E-state index in [0.717, 1.165) is 24.8 Å². The summed E-state index contributed by atoms with van der Waals surface area (Å²) in [7, 11) is -3.61. The van der Waals surface area contributed by atoms with Crippen molar-refractivity contribution in [3.8, 4) is 11.5 Å². The van der Waals surface area contributed by atoms with Gasteiger partial charge in [0, 0.05) is 24.2 Å². The molecule has 1 saturated heterocycles. The van der Waals surface area contributed by atoms with Crippen LogP contribution in [0.3, 0.4) is 0 Å². The minimum absolute atomic E-state index is 0.120. The van der Waals surface area contributed by atoms with Crippen LogP contribution in [0.2, 0.25) is 0 Å². The van der Waals surface area contributed by atoms with Crippen molar-refractivity contribution in [3.05, 3.63) is 53.6 Å². The summed E-state index contributed by atoms with van der Waals surface area (Å²) in [4.78, 5) is 12.7. The molecule has 1 amide bonds. The van der Waals surface area contributed by atoms with Gasteiger partial charge in [-0.05, 0) is 56.2 Å². The molecule has 2 aromatic rings. The number of sulfonamides is 1. The summed E-state index contributed by atoms with van der Waals surface area (Å²) in [5.74, 6) is 0.839. The number of carbonyl (C=O) groups is 1. The van der Waals surface area contributed by atoms with Gasteiger partial charge in [0.05, 0.1) is 10.6 Å². The van der Waals surface area contributed by atoms with Crippen LogP contribution >= 0.6 is 0 Å². The fraction of sp³-hybridized carbons (Fsp3) is 0.364. The predicted octanol–water partition coefficient (Wildman–Crippen LogP) is 2.79. The molecule has 9 heteroatoms. The van der Waals surface area contributed by atoms with Gasteiger partial charge in [-0.15, -0.1) is 0 Å². The molecule has 2 aromatic carbocycles. The molecule has 1 N–H and O–H groups in total. The number of ether oxygens (including phenoxy) is 2. The number of fused-ring (bicyclic) bond motifs is 1. The summed E-state index contributed by atoms with van der Waals surface area (Å²) in [5.41, 5.74) is 4.11. The van der Waals surface area contributed by atoms with Gasteiger partial charge < -0.3 is 9.47 Å². The molecule has 31 heavy (non-hydrogen) atoms. The van der Waals surface area contributed by atoms with Crippen molar-refractivity contribution < 1.29 is 22.7 Å². The van der Waals surface area contributed by atoms with Crippen LogP contribution < -0.4 is 14.9 Å². The fourth-order valence-corrected chi connectivity index (χ4v) is 5.15. The van der Waals surface area contributed by atoms with Crippen molar-refractivity contribution in [2.75, 3.05) is 26.3 Å². The van der Waals surface area contributed by atoms with E-state index < -0.39 is 15.9 Å². The highest BCUT2D eigenvalue weighted by Gasteiger charge is 2.26. The second kappa shape index (κ2) is 9.07. The topological polar surface area (TPSA) is 97.3 Å². The van der Waals surface area contributed by atoms with Gasteiger partial charge in [-0.1, -0.05) is 12.5 Å². The number of hydrazone groups is 1. The van der Waals surface area contributed by atoms with Crippen LogP contribution in [0.5, 0.6) is 11.5 Å². The minimum Gasteiger partial charge on any atom is -0.486 e. The zero-order chi connectivity index (χ0) is 21.8. The Hall–Kier alpha value is -2.91. The molecule has 0 radical (unpaired) electrons. The van der Waals surface area contributed by atoms with E-state index in [1.165, 1.54) is 16.4 Å². The first kappa shape index (κ1) is 21.3. The first-order valence-corrected chi connectivity index (χ1v) is 11.7. The molecular formula is C22H25N3O5S. The Bertz CT molecular complexity index is 1110. The van der Waals surface area contributed by atoms with E-state index in [2.05, 4.69) is 10.5 Å². The first-order valence-electron chi connectivity index (χ1n) is 10.3. The Morgan fingerprint density at radius 1 is 0.968 bits per heavy atom. The van der Waals surface area contributed by atoms with Gasteiger partial charge in [-0.2, -0.15) is 9.41 Å². The van der Waals surface area contributed by atoms with E-state index in [0.29, 0.717) is 43.5 Å². The number of amides is 1. The van der Waals surface area contributed by atoms with E-state index in [1.54, 1.807) is 25.1 Å². The van der Waals surface area contributed by atoms with E-state index in [4.69, 9.17) is 9.47 Å². The summed E-state index contributed by atoms with van der Waals surface area (Å²) in [6.45, 7) is 3.79. The summed E-state index contributed by atoms with van der Waals surface area (Å²) in [6.07, 6.45) is 2.75. The lowest BCUT2D eigenvalue weighted by molar-refractivity contribution is 0.0954. The molecule has 2 aliphatic rings. The summed E-state index contributed by atoms with van der Waals surface area (Å²) < 4.78 is 38.3. The summed E-state index contributed by atoms with van der Waals surface area (Å²) in [6, 6.07) is 11.5. The maximum absolute atomic E-state index is 12.9. The number of nitrogens with zero attached hydrogens (tertiary/aromatic N) is 2. The third-order valence-electron chi connectivity index (χ3n) is 5.33. The standard InChI is InChI=1S/C22H25N3O5S/c1-16(17-8-9-20-21(15-17)30-13-12-29-20)23-24-22(26)18-6-5-7-19(14-18)31(27,28)25-10-3-2-4-11-25/h5-9,14-15H,2-4,10-13H2,1H3,(H,24,26). The molecule has 0 unspecified atom stereocenters. The monoisotopic (exact) mass is 443 g/mol. The quantitative estimate of drug-likeness (QED) is 0.566. The van der Waals surface area contributed by atoms with Crippen molar-refractivity contribution in [1.29, 1.82) is 0 Å². The van der Waals surface area contributed by atoms with Gasteiger partial charge in [0.25, 0.3) is 5.91 Å². The second-order valence-electron chi connectivity index (χ2n) is 7.49. The van der Waals surface area contributed by atoms with Crippen LogP contribution in [0.25, 0.3) is 0 Å². The number of piperidine rings is 1. The Balaban J connectivity index is 1.48. The molecule has 0 atom stereocenters. The van der Waals surface area contributed by atoms with Crippen LogP contribution in [0, 0.1) is 0 Å². The Morgan fingerprint density at radius 3 is 2.48 bits per heavy atom. The molecule has 0 aromatic heterocycles. The lowest BCUT2D eigenvalue weighted by atomic mass is 10.1. The smallest absolute Gasteiger partial charge is 0.271 e. The van der Waals surface area contributed by atoms with Crippen molar-refractivity contribution in [1.82, 2.24) is 9.73 Å². The number of nitrogens with one attached hydrogen (secondary N) is 1. The average molecular weight is 444 g/mol. The van der Waals surface area contributed by atoms with Gasteiger partial charge in [-0.25, -0.2) is 13.8 Å². The van der Waals surface area contributed by atoms with E-state index in [-0.39, 0.29) is 10.5 Å². The van der Waals surface area contributed by atoms with Gasteiger partial charge in [0.1, 0.15) is 13.2 Å². The van der Waals surface area contributed by atoms with E-state index >= 15 is 0 Å². The average Bonchev–Trinajstić information content (AvgIpc) is 2.82. The second-order valence-corrected chi connectivity index (χ2v) is 9.43. The number of hydrogen-bond donors (Lipinski definition) is 1. The number of rotatable bonds is 5. The zero-order valence-electron chi connectivity index (χ0n) is 17.3. The highest BCUT2D eigenvalue weighted by atomic mass is 32.2. The SMILES string of the molecule is CC(=NNC(=O)c1cccc(S(=O)(=O)N2CCCCC2)c1)c1ccc2c(c1)OCCO2. The first-order chi connectivity index (χ1) is 14.9. The van der Waals surface area contributed by atoms with E-state index in [9.17, 15) is 13.2 Å². The molecule has 0 saturated carbocycles. The normalized spacial score (nSPS) is 17.3. The maximum atomic E-state index is 12.9. The molecule has 4 rings (SSSR count). The molecule has 2 heterocycles.